The molecule has 0 unspecified atom stereocenters. The van der Waals surface area contributed by atoms with Gasteiger partial charge in [-0.05, 0) is 41.3 Å². The van der Waals surface area contributed by atoms with Crippen LogP contribution in [-0.4, -0.2) is 0 Å². The van der Waals surface area contributed by atoms with Crippen molar-refractivity contribution >= 4 is 34.0 Å². The van der Waals surface area contributed by atoms with Crippen LogP contribution in [0.2, 0.25) is 5.02 Å². The monoisotopic (exact) mass is 356 g/mol. The van der Waals surface area contributed by atoms with E-state index in [1.54, 1.807) is 0 Å². The van der Waals surface area contributed by atoms with Gasteiger partial charge in [-0.25, -0.2) is 0 Å². The van der Waals surface area contributed by atoms with E-state index >= 15 is 0 Å². The molecule has 26 heavy (non-hydrogen) atoms. The zero-order valence-electron chi connectivity index (χ0n) is 14.4. The van der Waals surface area contributed by atoms with Gasteiger partial charge >= 0.3 is 0 Å². The van der Waals surface area contributed by atoms with Crippen LogP contribution in [0.25, 0.3) is 33.5 Å². The molecule has 0 saturated carbocycles. The van der Waals surface area contributed by atoms with Crippen molar-refractivity contribution in [1.82, 2.24) is 0 Å². The van der Waals surface area contributed by atoms with Gasteiger partial charge < -0.3 is 4.42 Å². The number of fused-ring (bicyclic) bond motifs is 2. The van der Waals surface area contributed by atoms with Crippen LogP contribution < -0.4 is 0 Å². The van der Waals surface area contributed by atoms with Crippen LogP contribution in [0.3, 0.4) is 0 Å². The highest BCUT2D eigenvalue weighted by atomic mass is 35.5. The van der Waals surface area contributed by atoms with Crippen molar-refractivity contribution in [3.63, 3.8) is 0 Å². The van der Waals surface area contributed by atoms with Crippen LogP contribution in [0.4, 0.5) is 0 Å². The fourth-order valence-corrected chi connectivity index (χ4v) is 4.16. The Balaban J connectivity index is 1.71. The van der Waals surface area contributed by atoms with E-state index in [2.05, 4.69) is 49.4 Å². The first-order chi connectivity index (χ1) is 12.7. The van der Waals surface area contributed by atoms with E-state index in [1.165, 1.54) is 33.2 Å². The largest absolute Gasteiger partial charge is 0.463 e. The lowest BCUT2D eigenvalue weighted by atomic mass is 9.93. The third-order valence-electron chi connectivity index (χ3n) is 5.19. The van der Waals surface area contributed by atoms with E-state index < -0.39 is 0 Å². The predicted octanol–water partition coefficient (Wildman–Crippen LogP) is 7.16. The quantitative estimate of drug-likeness (QED) is 0.371. The fourth-order valence-electron chi connectivity index (χ4n) is 3.93. The molecule has 1 aromatic heterocycles. The topological polar surface area (TPSA) is 13.1 Å². The summed E-state index contributed by atoms with van der Waals surface area (Å²) in [5, 5.41) is 3.10. The Kier molecular flexibility index (Phi) is 3.51. The Morgan fingerprint density at radius 2 is 1.73 bits per heavy atom. The smallest absolute Gasteiger partial charge is 0.138 e. The van der Waals surface area contributed by atoms with E-state index in [0.29, 0.717) is 0 Å². The zero-order chi connectivity index (χ0) is 17.7. The summed E-state index contributed by atoms with van der Waals surface area (Å²) < 4.78 is 5.94. The van der Waals surface area contributed by atoms with E-state index in [1.807, 2.05) is 30.5 Å². The van der Waals surface area contributed by atoms with Crippen LogP contribution in [-0.2, 0) is 6.42 Å². The lowest BCUT2D eigenvalue weighted by molar-refractivity contribution is 0.557. The standard InChI is InChI=1S/C24H17ClO/c1-15-10-11-16-12-18(24-19-7-3-2-6-17(19)14-26-24)13-21(16)23(15)20-8-4-5-9-22(20)25/h2-11,13-14H,12H2,1H3. The molecule has 0 N–H and O–H groups in total. The van der Waals surface area contributed by atoms with Crippen LogP contribution in [0.5, 0.6) is 0 Å². The first-order valence-corrected chi connectivity index (χ1v) is 9.15. The first-order valence-electron chi connectivity index (χ1n) is 8.77. The molecule has 2 heteroatoms. The van der Waals surface area contributed by atoms with Gasteiger partial charge in [-0.2, -0.15) is 0 Å². The Morgan fingerprint density at radius 1 is 0.923 bits per heavy atom. The van der Waals surface area contributed by atoms with Crippen molar-refractivity contribution in [2.45, 2.75) is 13.3 Å². The van der Waals surface area contributed by atoms with E-state index in [-0.39, 0.29) is 0 Å². The third kappa shape index (κ3) is 2.32. The van der Waals surface area contributed by atoms with Gasteiger partial charge in [0.15, 0.2) is 0 Å². The molecule has 1 nitrogen and oxygen atoms in total. The normalized spacial score (nSPS) is 13.1. The van der Waals surface area contributed by atoms with Crippen LogP contribution >= 0.6 is 11.6 Å². The maximum atomic E-state index is 6.51. The number of halogens is 1. The van der Waals surface area contributed by atoms with Gasteiger partial charge in [0.2, 0.25) is 0 Å². The SMILES string of the molecule is Cc1ccc2c(c1-c1ccccc1Cl)C=C(c1occ3ccccc13)C2. The molecule has 0 spiro atoms. The average molecular weight is 357 g/mol. The molecule has 0 amide bonds. The molecule has 3 aromatic carbocycles. The van der Waals surface area contributed by atoms with Gasteiger partial charge in [0.1, 0.15) is 5.76 Å². The predicted molar refractivity (Wildman–Crippen MR) is 109 cm³/mol. The Bertz CT molecular complexity index is 1180. The van der Waals surface area contributed by atoms with Crippen LogP contribution in [0.1, 0.15) is 22.5 Å². The molecule has 0 bridgehead atoms. The highest BCUT2D eigenvalue weighted by molar-refractivity contribution is 6.33. The zero-order valence-corrected chi connectivity index (χ0v) is 15.2. The minimum atomic E-state index is 0.786. The summed E-state index contributed by atoms with van der Waals surface area (Å²) >= 11 is 6.51. The Morgan fingerprint density at radius 3 is 2.62 bits per heavy atom. The van der Waals surface area contributed by atoms with Crippen molar-refractivity contribution in [2.75, 3.05) is 0 Å². The maximum absolute atomic E-state index is 6.51. The van der Waals surface area contributed by atoms with E-state index in [9.17, 15) is 0 Å². The van der Waals surface area contributed by atoms with Crippen LogP contribution in [0, 0.1) is 6.92 Å². The molecule has 0 aliphatic heterocycles. The minimum Gasteiger partial charge on any atom is -0.463 e. The Labute approximate surface area is 157 Å². The van der Waals surface area contributed by atoms with Crippen molar-refractivity contribution in [3.8, 4) is 11.1 Å². The number of rotatable bonds is 2. The van der Waals surface area contributed by atoms with E-state index in [4.69, 9.17) is 16.0 Å². The minimum absolute atomic E-state index is 0.786. The van der Waals surface area contributed by atoms with Gasteiger partial charge in [-0.1, -0.05) is 66.2 Å². The van der Waals surface area contributed by atoms with Crippen molar-refractivity contribution in [2.24, 2.45) is 0 Å². The summed E-state index contributed by atoms with van der Waals surface area (Å²) in [4.78, 5) is 0. The summed E-state index contributed by atoms with van der Waals surface area (Å²) in [6.45, 7) is 2.15. The molecule has 0 fully saturated rings. The number of benzene rings is 3. The summed E-state index contributed by atoms with van der Waals surface area (Å²) in [5.41, 5.74) is 7.35. The summed E-state index contributed by atoms with van der Waals surface area (Å²) in [5.74, 6) is 0.972. The van der Waals surface area contributed by atoms with Crippen molar-refractivity contribution < 1.29 is 4.42 Å². The number of hydrogen-bond donors (Lipinski definition) is 0. The number of aryl methyl sites for hydroxylation is 1. The second-order valence-electron chi connectivity index (χ2n) is 6.81. The molecule has 1 heterocycles. The highest BCUT2D eigenvalue weighted by Gasteiger charge is 2.23. The molecule has 1 aliphatic rings. The number of allylic oxidation sites excluding steroid dienone is 1. The van der Waals surface area contributed by atoms with Crippen LogP contribution in [0.15, 0.2) is 71.3 Å². The number of hydrogen-bond acceptors (Lipinski definition) is 1. The fraction of sp³-hybridized carbons (Fsp3) is 0.0833. The third-order valence-corrected chi connectivity index (χ3v) is 5.52. The lowest BCUT2D eigenvalue weighted by Crippen LogP contribution is -1.92. The summed E-state index contributed by atoms with van der Waals surface area (Å²) in [6.07, 6.45) is 4.99. The molecule has 1 aliphatic carbocycles. The molecule has 0 radical (unpaired) electrons. The lowest BCUT2D eigenvalue weighted by Gasteiger charge is -2.13. The second kappa shape index (κ2) is 5.89. The van der Waals surface area contributed by atoms with Gasteiger partial charge in [-0.3, -0.25) is 0 Å². The van der Waals surface area contributed by atoms with Gasteiger partial charge in [0.25, 0.3) is 0 Å². The van der Waals surface area contributed by atoms with Crippen molar-refractivity contribution in [1.29, 1.82) is 0 Å². The first kappa shape index (κ1) is 15.5. The molecule has 5 rings (SSSR count). The van der Waals surface area contributed by atoms with Crippen molar-refractivity contribution in [3.05, 3.63) is 94.4 Å². The van der Waals surface area contributed by atoms with Gasteiger partial charge in [-0.15, -0.1) is 0 Å². The maximum Gasteiger partial charge on any atom is 0.138 e. The molecular formula is C24H17ClO. The average Bonchev–Trinajstić information content (AvgIpc) is 3.26. The Hall–Kier alpha value is -2.77. The highest BCUT2D eigenvalue weighted by Crippen LogP contribution is 2.42. The van der Waals surface area contributed by atoms with E-state index in [0.717, 1.165) is 28.2 Å². The molecule has 4 aromatic rings. The second-order valence-corrected chi connectivity index (χ2v) is 7.22. The molecular weight excluding hydrogens is 340 g/mol. The number of furan rings is 1. The molecule has 0 saturated heterocycles. The van der Waals surface area contributed by atoms with Gasteiger partial charge in [0.05, 0.1) is 6.26 Å². The summed E-state index contributed by atoms with van der Waals surface area (Å²) in [6, 6.07) is 20.8. The summed E-state index contributed by atoms with van der Waals surface area (Å²) in [7, 11) is 0. The molecule has 0 atom stereocenters. The van der Waals surface area contributed by atoms with Gasteiger partial charge in [0, 0.05) is 33.4 Å². The molecule has 126 valence electrons.